The zero-order valence-electron chi connectivity index (χ0n) is 7.66. The SMILES string of the molecule is C/C=C\Oc1cccc2c1C=CC2. The van der Waals surface area contributed by atoms with Crippen molar-refractivity contribution in [2.24, 2.45) is 0 Å². The maximum absolute atomic E-state index is 5.47. The summed E-state index contributed by atoms with van der Waals surface area (Å²) in [5, 5.41) is 0. The van der Waals surface area contributed by atoms with Gasteiger partial charge in [-0.3, -0.25) is 0 Å². The van der Waals surface area contributed by atoms with Gasteiger partial charge in [-0.1, -0.05) is 30.4 Å². The molecule has 0 radical (unpaired) electrons. The number of rotatable bonds is 2. The van der Waals surface area contributed by atoms with Gasteiger partial charge in [0.2, 0.25) is 0 Å². The minimum absolute atomic E-state index is 0.948. The van der Waals surface area contributed by atoms with E-state index in [1.807, 2.05) is 25.1 Å². The van der Waals surface area contributed by atoms with Gasteiger partial charge in [-0.05, 0) is 25.0 Å². The van der Waals surface area contributed by atoms with Crippen molar-refractivity contribution < 1.29 is 4.74 Å². The highest BCUT2D eigenvalue weighted by atomic mass is 16.5. The van der Waals surface area contributed by atoms with Gasteiger partial charge in [-0.25, -0.2) is 0 Å². The Kier molecular flexibility index (Phi) is 2.17. The van der Waals surface area contributed by atoms with Crippen LogP contribution in [0.2, 0.25) is 0 Å². The lowest BCUT2D eigenvalue weighted by molar-refractivity contribution is 0.479. The molecule has 1 heteroatoms. The smallest absolute Gasteiger partial charge is 0.133 e. The molecular weight excluding hydrogens is 160 g/mol. The van der Waals surface area contributed by atoms with Crippen LogP contribution in [-0.4, -0.2) is 0 Å². The zero-order valence-corrected chi connectivity index (χ0v) is 7.66. The van der Waals surface area contributed by atoms with Gasteiger partial charge in [0, 0.05) is 5.56 Å². The highest BCUT2D eigenvalue weighted by Gasteiger charge is 2.08. The summed E-state index contributed by atoms with van der Waals surface area (Å²) < 4.78 is 5.47. The fraction of sp³-hybridized carbons (Fsp3) is 0.167. The predicted molar refractivity (Wildman–Crippen MR) is 54.6 cm³/mol. The first kappa shape index (κ1) is 8.11. The van der Waals surface area contributed by atoms with Crippen molar-refractivity contribution in [3.63, 3.8) is 0 Å². The number of hydrogen-bond acceptors (Lipinski definition) is 1. The highest BCUT2D eigenvalue weighted by molar-refractivity contribution is 5.66. The van der Waals surface area contributed by atoms with E-state index in [1.165, 1.54) is 11.1 Å². The summed E-state index contributed by atoms with van der Waals surface area (Å²) in [6.45, 7) is 1.94. The number of ether oxygens (including phenoxy) is 1. The van der Waals surface area contributed by atoms with Gasteiger partial charge in [-0.2, -0.15) is 0 Å². The lowest BCUT2D eigenvalue weighted by Crippen LogP contribution is -1.87. The molecule has 13 heavy (non-hydrogen) atoms. The molecule has 0 amide bonds. The molecule has 1 aromatic carbocycles. The first-order valence-electron chi connectivity index (χ1n) is 4.48. The van der Waals surface area contributed by atoms with Crippen molar-refractivity contribution in [1.82, 2.24) is 0 Å². The topological polar surface area (TPSA) is 9.23 Å². The Balaban J connectivity index is 2.35. The predicted octanol–water partition coefficient (Wildman–Crippen LogP) is 3.17. The van der Waals surface area contributed by atoms with Crippen LogP contribution in [0.3, 0.4) is 0 Å². The quantitative estimate of drug-likeness (QED) is 0.622. The van der Waals surface area contributed by atoms with Crippen molar-refractivity contribution in [2.75, 3.05) is 0 Å². The van der Waals surface area contributed by atoms with E-state index in [1.54, 1.807) is 6.26 Å². The molecule has 0 spiro atoms. The first-order chi connectivity index (χ1) is 6.42. The van der Waals surface area contributed by atoms with Crippen molar-refractivity contribution in [3.05, 3.63) is 47.7 Å². The van der Waals surface area contributed by atoms with Gasteiger partial charge in [-0.15, -0.1) is 0 Å². The van der Waals surface area contributed by atoms with Gasteiger partial charge >= 0.3 is 0 Å². The van der Waals surface area contributed by atoms with E-state index >= 15 is 0 Å². The number of benzene rings is 1. The van der Waals surface area contributed by atoms with E-state index in [2.05, 4.69) is 18.2 Å². The second-order valence-electron chi connectivity index (χ2n) is 3.02. The Morgan fingerprint density at radius 2 is 2.31 bits per heavy atom. The van der Waals surface area contributed by atoms with Gasteiger partial charge in [0.25, 0.3) is 0 Å². The van der Waals surface area contributed by atoms with Gasteiger partial charge in [0.1, 0.15) is 5.75 Å². The summed E-state index contributed by atoms with van der Waals surface area (Å²) in [4.78, 5) is 0. The highest BCUT2D eigenvalue weighted by Crippen LogP contribution is 2.28. The summed E-state index contributed by atoms with van der Waals surface area (Å²) >= 11 is 0. The molecule has 1 aliphatic rings. The average Bonchev–Trinajstić information content (AvgIpc) is 2.62. The fourth-order valence-corrected chi connectivity index (χ4v) is 1.50. The normalized spacial score (nSPS) is 13.6. The van der Waals surface area contributed by atoms with Gasteiger partial charge < -0.3 is 4.74 Å². The molecule has 0 fully saturated rings. The van der Waals surface area contributed by atoms with E-state index in [4.69, 9.17) is 4.74 Å². The van der Waals surface area contributed by atoms with Crippen LogP contribution in [0, 0.1) is 0 Å². The zero-order chi connectivity index (χ0) is 9.10. The lowest BCUT2D eigenvalue weighted by Gasteiger charge is -2.05. The molecule has 1 aliphatic carbocycles. The molecule has 0 atom stereocenters. The van der Waals surface area contributed by atoms with Crippen LogP contribution in [0.5, 0.6) is 5.75 Å². The minimum Gasteiger partial charge on any atom is -0.465 e. The lowest BCUT2D eigenvalue weighted by atomic mass is 10.1. The van der Waals surface area contributed by atoms with E-state index in [9.17, 15) is 0 Å². The average molecular weight is 172 g/mol. The van der Waals surface area contributed by atoms with Gasteiger partial charge in [0.05, 0.1) is 6.26 Å². The maximum atomic E-state index is 5.47. The van der Waals surface area contributed by atoms with Crippen LogP contribution in [-0.2, 0) is 6.42 Å². The van der Waals surface area contributed by atoms with Crippen LogP contribution in [0.4, 0.5) is 0 Å². The molecule has 1 nitrogen and oxygen atoms in total. The molecule has 0 heterocycles. The summed E-state index contributed by atoms with van der Waals surface area (Å²) in [6, 6.07) is 6.16. The largest absolute Gasteiger partial charge is 0.465 e. The molecule has 0 aromatic heterocycles. The van der Waals surface area contributed by atoms with Crippen LogP contribution >= 0.6 is 0 Å². The van der Waals surface area contributed by atoms with Crippen molar-refractivity contribution >= 4 is 6.08 Å². The molecule has 0 unspecified atom stereocenters. The molecule has 1 aromatic rings. The molecule has 0 N–H and O–H groups in total. The van der Waals surface area contributed by atoms with E-state index in [0.29, 0.717) is 0 Å². The molecule has 0 bridgehead atoms. The Morgan fingerprint density at radius 3 is 3.15 bits per heavy atom. The molecule has 0 saturated carbocycles. The second kappa shape index (κ2) is 3.48. The third-order valence-electron chi connectivity index (χ3n) is 2.11. The van der Waals surface area contributed by atoms with Gasteiger partial charge in [0.15, 0.2) is 0 Å². The van der Waals surface area contributed by atoms with Crippen LogP contribution in [0.1, 0.15) is 18.1 Å². The Hall–Kier alpha value is -1.50. The molecule has 2 rings (SSSR count). The maximum Gasteiger partial charge on any atom is 0.133 e. The monoisotopic (exact) mass is 172 g/mol. The Bertz CT molecular complexity index is 361. The Morgan fingerprint density at radius 1 is 1.38 bits per heavy atom. The van der Waals surface area contributed by atoms with Crippen molar-refractivity contribution in [2.45, 2.75) is 13.3 Å². The van der Waals surface area contributed by atoms with Crippen LogP contribution in [0.25, 0.3) is 6.08 Å². The van der Waals surface area contributed by atoms with E-state index in [-0.39, 0.29) is 0 Å². The van der Waals surface area contributed by atoms with E-state index in [0.717, 1.165) is 12.2 Å². The van der Waals surface area contributed by atoms with E-state index < -0.39 is 0 Å². The molecule has 66 valence electrons. The first-order valence-corrected chi connectivity index (χ1v) is 4.48. The number of hydrogen-bond donors (Lipinski definition) is 0. The Labute approximate surface area is 78.3 Å². The number of fused-ring (bicyclic) bond motifs is 1. The second-order valence-corrected chi connectivity index (χ2v) is 3.02. The number of allylic oxidation sites excluding steroid dienone is 2. The third kappa shape index (κ3) is 1.50. The van der Waals surface area contributed by atoms with Crippen molar-refractivity contribution in [1.29, 1.82) is 0 Å². The molecule has 0 saturated heterocycles. The summed E-state index contributed by atoms with van der Waals surface area (Å²) in [7, 11) is 0. The fourth-order valence-electron chi connectivity index (χ4n) is 1.50. The standard InChI is InChI=1S/C12H12O/c1-2-9-13-12-8-4-6-10-5-3-7-11(10)12/h2-4,6-9H,5H2,1H3/b9-2-. The minimum atomic E-state index is 0.948. The van der Waals surface area contributed by atoms with Crippen molar-refractivity contribution in [3.8, 4) is 5.75 Å². The summed E-state index contributed by atoms with van der Waals surface area (Å²) in [6.07, 6.45) is 8.91. The molecule has 0 aliphatic heterocycles. The van der Waals surface area contributed by atoms with Crippen LogP contribution < -0.4 is 4.74 Å². The summed E-state index contributed by atoms with van der Waals surface area (Å²) in [5.41, 5.74) is 2.57. The summed E-state index contributed by atoms with van der Waals surface area (Å²) in [5.74, 6) is 0.948. The third-order valence-corrected chi connectivity index (χ3v) is 2.11. The van der Waals surface area contributed by atoms with Crippen LogP contribution in [0.15, 0.2) is 36.6 Å². The molecular formula is C12H12O.